The summed E-state index contributed by atoms with van der Waals surface area (Å²) in [5, 5.41) is 2.05. The predicted molar refractivity (Wildman–Crippen MR) is 86.8 cm³/mol. The summed E-state index contributed by atoms with van der Waals surface area (Å²) in [4.78, 5) is 29.1. The van der Waals surface area contributed by atoms with Gasteiger partial charge in [-0.05, 0) is 43.7 Å². The van der Waals surface area contributed by atoms with Gasteiger partial charge in [-0.2, -0.15) is 0 Å². The molecule has 1 unspecified atom stereocenters. The fourth-order valence-corrected chi connectivity index (χ4v) is 3.69. The van der Waals surface area contributed by atoms with E-state index in [9.17, 15) is 9.59 Å². The van der Waals surface area contributed by atoms with Crippen LogP contribution in [0.1, 0.15) is 30.2 Å². The molecule has 2 heterocycles. The molecular formula is C16H24N2O3S. The van der Waals surface area contributed by atoms with Gasteiger partial charge in [0, 0.05) is 25.0 Å². The van der Waals surface area contributed by atoms with Crippen LogP contribution in [0.15, 0.2) is 11.4 Å². The summed E-state index contributed by atoms with van der Waals surface area (Å²) in [6.45, 7) is 6.00. The maximum atomic E-state index is 12.6. The highest BCUT2D eigenvalue weighted by atomic mass is 32.1. The fraction of sp³-hybridized carbons (Fsp3) is 0.625. The number of nitrogens with zero attached hydrogens (tertiary/aromatic N) is 2. The van der Waals surface area contributed by atoms with Crippen LogP contribution in [0.5, 0.6) is 0 Å². The Balaban J connectivity index is 1.93. The Labute approximate surface area is 135 Å². The lowest BCUT2D eigenvalue weighted by molar-refractivity contribution is -0.136. The van der Waals surface area contributed by atoms with E-state index in [0.717, 1.165) is 12.8 Å². The molecule has 0 aliphatic carbocycles. The van der Waals surface area contributed by atoms with Gasteiger partial charge in [0.25, 0.3) is 0 Å². The van der Waals surface area contributed by atoms with Gasteiger partial charge in [0.05, 0.1) is 19.1 Å². The number of carbonyl (C=O) groups is 2. The molecule has 6 heteroatoms. The van der Waals surface area contributed by atoms with Crippen LogP contribution in [-0.2, 0) is 16.1 Å². The van der Waals surface area contributed by atoms with E-state index in [1.165, 1.54) is 10.4 Å². The number of thiophene rings is 1. The van der Waals surface area contributed by atoms with Gasteiger partial charge >= 0.3 is 6.09 Å². The highest BCUT2D eigenvalue weighted by molar-refractivity contribution is 7.10. The number of ether oxygens (including phenoxy) is 1. The maximum absolute atomic E-state index is 12.6. The Morgan fingerprint density at radius 3 is 2.91 bits per heavy atom. The van der Waals surface area contributed by atoms with Crippen molar-refractivity contribution < 1.29 is 14.3 Å². The van der Waals surface area contributed by atoms with Gasteiger partial charge in [0.15, 0.2) is 0 Å². The predicted octanol–water partition coefficient (Wildman–Crippen LogP) is 2.88. The lowest BCUT2D eigenvalue weighted by Crippen LogP contribution is -2.45. The lowest BCUT2D eigenvalue weighted by Gasteiger charge is -2.33. The molecule has 0 spiro atoms. The first-order valence-electron chi connectivity index (χ1n) is 7.72. The maximum Gasteiger partial charge on any atom is 0.409 e. The second-order valence-electron chi connectivity index (χ2n) is 5.71. The first kappa shape index (κ1) is 16.8. The SMILES string of the molecule is CCOC(=O)N1CCCC(C(=O)N(C)Cc2sccc2C)C1. The van der Waals surface area contributed by atoms with E-state index >= 15 is 0 Å². The highest BCUT2D eigenvalue weighted by Crippen LogP contribution is 2.22. The summed E-state index contributed by atoms with van der Waals surface area (Å²) in [6, 6.07) is 2.07. The summed E-state index contributed by atoms with van der Waals surface area (Å²) < 4.78 is 5.03. The van der Waals surface area contributed by atoms with Crippen molar-refractivity contribution in [1.82, 2.24) is 9.80 Å². The van der Waals surface area contributed by atoms with E-state index in [2.05, 4.69) is 13.0 Å². The highest BCUT2D eigenvalue weighted by Gasteiger charge is 2.30. The molecule has 1 aliphatic heterocycles. The molecule has 0 radical (unpaired) electrons. The Kier molecular flexibility index (Phi) is 5.83. The zero-order chi connectivity index (χ0) is 16.1. The topological polar surface area (TPSA) is 49.9 Å². The third-order valence-electron chi connectivity index (χ3n) is 4.02. The average molecular weight is 324 g/mol. The van der Waals surface area contributed by atoms with Gasteiger partial charge in [-0.25, -0.2) is 4.79 Å². The Morgan fingerprint density at radius 2 is 2.27 bits per heavy atom. The second kappa shape index (κ2) is 7.63. The minimum atomic E-state index is -0.309. The number of hydrogen-bond acceptors (Lipinski definition) is 4. The monoisotopic (exact) mass is 324 g/mol. The number of aryl methyl sites for hydroxylation is 1. The van der Waals surface area contributed by atoms with Crippen molar-refractivity contribution in [3.63, 3.8) is 0 Å². The van der Waals surface area contributed by atoms with Crippen molar-refractivity contribution in [3.8, 4) is 0 Å². The largest absolute Gasteiger partial charge is 0.450 e. The van der Waals surface area contributed by atoms with E-state index in [-0.39, 0.29) is 17.9 Å². The first-order chi connectivity index (χ1) is 10.5. The summed E-state index contributed by atoms with van der Waals surface area (Å²) in [5.41, 5.74) is 1.22. The van der Waals surface area contributed by atoms with Gasteiger partial charge < -0.3 is 14.5 Å². The van der Waals surface area contributed by atoms with Crippen molar-refractivity contribution in [2.24, 2.45) is 5.92 Å². The Morgan fingerprint density at radius 1 is 1.50 bits per heavy atom. The number of amides is 2. The molecule has 1 aliphatic rings. The third-order valence-corrected chi connectivity index (χ3v) is 5.03. The van der Waals surface area contributed by atoms with Crippen LogP contribution in [0.4, 0.5) is 4.79 Å². The van der Waals surface area contributed by atoms with Gasteiger partial charge in [-0.1, -0.05) is 0 Å². The van der Waals surface area contributed by atoms with E-state index in [1.807, 2.05) is 12.4 Å². The molecule has 1 saturated heterocycles. The molecular weight excluding hydrogens is 300 g/mol. The molecule has 0 aromatic carbocycles. The molecule has 0 saturated carbocycles. The van der Waals surface area contributed by atoms with Crippen molar-refractivity contribution >= 4 is 23.3 Å². The molecule has 122 valence electrons. The van der Waals surface area contributed by atoms with Crippen molar-refractivity contribution in [2.75, 3.05) is 26.7 Å². The number of hydrogen-bond donors (Lipinski definition) is 0. The molecule has 1 fully saturated rings. The molecule has 1 atom stereocenters. The zero-order valence-corrected chi connectivity index (χ0v) is 14.3. The number of piperidine rings is 1. The van der Waals surface area contributed by atoms with Crippen LogP contribution in [0.2, 0.25) is 0 Å². The minimum absolute atomic E-state index is 0.113. The molecule has 0 N–H and O–H groups in total. The van der Waals surface area contributed by atoms with E-state index in [4.69, 9.17) is 4.74 Å². The van der Waals surface area contributed by atoms with E-state index < -0.39 is 0 Å². The summed E-state index contributed by atoms with van der Waals surface area (Å²) >= 11 is 1.68. The van der Waals surface area contributed by atoms with Gasteiger partial charge in [0.2, 0.25) is 5.91 Å². The molecule has 22 heavy (non-hydrogen) atoms. The molecule has 2 rings (SSSR count). The first-order valence-corrected chi connectivity index (χ1v) is 8.60. The lowest BCUT2D eigenvalue weighted by atomic mass is 9.97. The van der Waals surface area contributed by atoms with E-state index in [0.29, 0.717) is 26.2 Å². The smallest absolute Gasteiger partial charge is 0.409 e. The van der Waals surface area contributed by atoms with E-state index in [1.54, 1.807) is 28.1 Å². The van der Waals surface area contributed by atoms with Gasteiger partial charge in [0.1, 0.15) is 0 Å². The molecule has 1 aromatic rings. The van der Waals surface area contributed by atoms with Crippen molar-refractivity contribution in [1.29, 1.82) is 0 Å². The van der Waals surface area contributed by atoms with Crippen LogP contribution in [0, 0.1) is 12.8 Å². The molecule has 5 nitrogen and oxygen atoms in total. The number of carbonyl (C=O) groups excluding carboxylic acids is 2. The molecule has 0 bridgehead atoms. The van der Waals surface area contributed by atoms with Gasteiger partial charge in [-0.3, -0.25) is 4.79 Å². The third kappa shape index (κ3) is 4.00. The van der Waals surface area contributed by atoms with Crippen molar-refractivity contribution in [3.05, 3.63) is 21.9 Å². The van der Waals surface area contributed by atoms with Crippen LogP contribution < -0.4 is 0 Å². The summed E-state index contributed by atoms with van der Waals surface area (Å²) in [7, 11) is 1.84. The fourth-order valence-electron chi connectivity index (χ4n) is 2.73. The van der Waals surface area contributed by atoms with Crippen LogP contribution in [-0.4, -0.2) is 48.5 Å². The second-order valence-corrected chi connectivity index (χ2v) is 6.71. The quantitative estimate of drug-likeness (QED) is 0.856. The molecule has 2 amide bonds. The Hall–Kier alpha value is -1.56. The molecule has 1 aromatic heterocycles. The number of likely N-dealkylation sites (tertiary alicyclic amines) is 1. The standard InChI is InChI=1S/C16H24N2O3S/c1-4-21-16(20)18-8-5-6-13(10-18)15(19)17(3)11-14-12(2)7-9-22-14/h7,9,13H,4-6,8,10-11H2,1-3H3. The summed E-state index contributed by atoms with van der Waals surface area (Å²) in [5.74, 6) is -0.00905. The van der Waals surface area contributed by atoms with Crippen LogP contribution >= 0.6 is 11.3 Å². The normalized spacial score (nSPS) is 18.1. The van der Waals surface area contributed by atoms with Crippen molar-refractivity contribution in [2.45, 2.75) is 33.2 Å². The Bertz CT molecular complexity index is 529. The average Bonchev–Trinajstić information content (AvgIpc) is 2.92. The van der Waals surface area contributed by atoms with Gasteiger partial charge in [-0.15, -0.1) is 11.3 Å². The summed E-state index contributed by atoms with van der Waals surface area (Å²) in [6.07, 6.45) is 1.38. The minimum Gasteiger partial charge on any atom is -0.450 e. The van der Waals surface area contributed by atoms with Crippen LogP contribution in [0.3, 0.4) is 0 Å². The van der Waals surface area contributed by atoms with Crippen LogP contribution in [0.25, 0.3) is 0 Å². The zero-order valence-electron chi connectivity index (χ0n) is 13.5. The number of rotatable bonds is 4.